The van der Waals surface area contributed by atoms with E-state index in [1.54, 1.807) is 18.2 Å². The summed E-state index contributed by atoms with van der Waals surface area (Å²) < 4.78 is 89.0. The molecular weight excluding hydrogens is 522 g/mol. The van der Waals surface area contributed by atoms with E-state index in [9.17, 15) is 40.7 Å². The fraction of sp³-hybridized carbons (Fsp3) is 0.346. The first kappa shape index (κ1) is 32.2. The summed E-state index contributed by atoms with van der Waals surface area (Å²) in [7, 11) is 1.23. The molecule has 0 atom stereocenters. The summed E-state index contributed by atoms with van der Waals surface area (Å²) in [5, 5.41) is 0. The Morgan fingerprint density at radius 1 is 0.842 bits per heavy atom. The maximum Gasteiger partial charge on any atom is 0.422 e. The minimum Gasteiger partial charge on any atom is -0.465 e. The normalized spacial score (nSPS) is 12.7. The summed E-state index contributed by atoms with van der Waals surface area (Å²) in [5.74, 6) is -3.86. The van der Waals surface area contributed by atoms with Crippen molar-refractivity contribution in [1.82, 2.24) is 0 Å². The average molecular weight is 548 g/mol. The maximum absolute atomic E-state index is 12.7. The van der Waals surface area contributed by atoms with Crippen LogP contribution in [0.25, 0.3) is 6.08 Å². The lowest BCUT2D eigenvalue weighted by molar-refractivity contribution is -0.206. The first-order valence-electron chi connectivity index (χ1n) is 11.0. The van der Waals surface area contributed by atoms with E-state index in [0.717, 1.165) is 0 Å². The summed E-state index contributed by atoms with van der Waals surface area (Å²) in [6.45, 7) is -0.639. The Kier molecular flexibility index (Phi) is 12.5. The van der Waals surface area contributed by atoms with Crippen LogP contribution in [0.2, 0.25) is 0 Å². The molecule has 0 heterocycles. The maximum atomic E-state index is 12.7. The van der Waals surface area contributed by atoms with Crippen molar-refractivity contribution in [2.75, 3.05) is 20.3 Å². The van der Waals surface area contributed by atoms with Gasteiger partial charge in [-0.3, -0.25) is 9.59 Å². The predicted molar refractivity (Wildman–Crippen MR) is 126 cm³/mol. The number of carbonyl (C=O) groups excluding carboxylic acids is 3. The molecule has 0 aliphatic rings. The molecule has 0 N–H and O–H groups in total. The minimum absolute atomic E-state index is 0.0789. The Hall–Kier alpha value is -3.83. The first-order chi connectivity index (χ1) is 17.7. The molecule has 208 valence electrons. The van der Waals surface area contributed by atoms with Crippen LogP contribution in [0.5, 0.6) is 0 Å². The number of hydrogen-bond acceptors (Lipinski definition) is 6. The van der Waals surface area contributed by atoms with Crippen LogP contribution in [0.15, 0.2) is 67.3 Å². The highest BCUT2D eigenvalue weighted by Gasteiger charge is 2.49. The fourth-order valence-corrected chi connectivity index (χ4v) is 3.01. The van der Waals surface area contributed by atoms with Crippen molar-refractivity contribution in [3.05, 3.63) is 78.4 Å². The molecule has 38 heavy (non-hydrogen) atoms. The summed E-state index contributed by atoms with van der Waals surface area (Å²) in [6, 6.07) is 6.19. The number of carbonyl (C=O) groups is 3. The number of benzene rings is 1. The van der Waals surface area contributed by atoms with Gasteiger partial charge in [-0.15, -0.1) is 0 Å². The number of allylic oxidation sites excluding steroid dienone is 6. The van der Waals surface area contributed by atoms with Gasteiger partial charge in [-0.2, -0.15) is 26.3 Å². The molecule has 0 spiro atoms. The lowest BCUT2D eigenvalue weighted by Gasteiger charge is -2.28. The van der Waals surface area contributed by atoms with Gasteiger partial charge in [-0.25, -0.2) is 4.79 Å². The minimum atomic E-state index is -4.93. The van der Waals surface area contributed by atoms with Crippen LogP contribution in [0, 0.1) is 5.41 Å². The van der Waals surface area contributed by atoms with E-state index in [1.807, 2.05) is 0 Å². The van der Waals surface area contributed by atoms with E-state index in [0.29, 0.717) is 11.1 Å². The summed E-state index contributed by atoms with van der Waals surface area (Å²) in [5.41, 5.74) is -1.53. The smallest absolute Gasteiger partial charge is 0.422 e. The summed E-state index contributed by atoms with van der Waals surface area (Å²) >= 11 is 0. The second kappa shape index (κ2) is 14.8. The molecule has 0 bridgehead atoms. The van der Waals surface area contributed by atoms with Gasteiger partial charge in [0.2, 0.25) is 0 Å². The molecule has 6 nitrogen and oxygen atoms in total. The summed E-state index contributed by atoms with van der Waals surface area (Å²) in [6.07, 6.45) is -1.23. The largest absolute Gasteiger partial charge is 0.465 e. The van der Waals surface area contributed by atoms with Crippen molar-refractivity contribution in [2.45, 2.75) is 31.6 Å². The van der Waals surface area contributed by atoms with Crippen LogP contribution in [-0.4, -0.2) is 50.6 Å². The third kappa shape index (κ3) is 11.5. The zero-order valence-electron chi connectivity index (χ0n) is 20.3. The second-order valence-electron chi connectivity index (χ2n) is 7.77. The molecule has 0 saturated carbocycles. The number of alkyl halides is 6. The highest BCUT2D eigenvalue weighted by atomic mass is 19.4. The van der Waals surface area contributed by atoms with Crippen LogP contribution in [0.4, 0.5) is 26.3 Å². The number of rotatable bonds is 13. The van der Waals surface area contributed by atoms with Gasteiger partial charge < -0.3 is 14.2 Å². The number of halogens is 6. The molecule has 0 unspecified atom stereocenters. The lowest BCUT2D eigenvalue weighted by Crippen LogP contribution is -2.44. The molecule has 0 saturated heterocycles. The van der Waals surface area contributed by atoms with Crippen LogP contribution in [0.3, 0.4) is 0 Å². The SMILES string of the molecule is C=C/C=C/CCC(C/C=C/C=C/c1ccc(C(=O)OC)cc1)(C(=O)OCC(F)(F)F)C(=O)OCC(F)(F)F. The summed E-state index contributed by atoms with van der Waals surface area (Å²) in [4.78, 5) is 36.9. The molecule has 0 fully saturated rings. The van der Waals surface area contributed by atoms with E-state index in [1.165, 1.54) is 55.7 Å². The van der Waals surface area contributed by atoms with E-state index >= 15 is 0 Å². The first-order valence-corrected chi connectivity index (χ1v) is 11.0. The number of hydrogen-bond donors (Lipinski definition) is 0. The van der Waals surface area contributed by atoms with Crippen LogP contribution < -0.4 is 0 Å². The Morgan fingerprint density at radius 2 is 1.39 bits per heavy atom. The lowest BCUT2D eigenvalue weighted by atomic mass is 9.79. The zero-order chi connectivity index (χ0) is 28.8. The Morgan fingerprint density at radius 3 is 1.87 bits per heavy atom. The van der Waals surface area contributed by atoms with Crippen molar-refractivity contribution < 1.29 is 54.9 Å². The Labute approximate surface area is 215 Å². The van der Waals surface area contributed by atoms with E-state index < -0.39 is 61.7 Å². The molecule has 0 aliphatic heterocycles. The molecule has 1 aromatic carbocycles. The van der Waals surface area contributed by atoms with Gasteiger partial charge in [0, 0.05) is 0 Å². The van der Waals surface area contributed by atoms with Crippen LogP contribution in [0.1, 0.15) is 35.2 Å². The van der Waals surface area contributed by atoms with Gasteiger partial charge in [-0.05, 0) is 37.0 Å². The second-order valence-corrected chi connectivity index (χ2v) is 7.77. The molecule has 1 rings (SSSR count). The van der Waals surface area contributed by atoms with Crippen molar-refractivity contribution >= 4 is 24.0 Å². The molecular formula is C26H26F6O6. The molecule has 0 amide bonds. The van der Waals surface area contributed by atoms with Gasteiger partial charge in [0.1, 0.15) is 0 Å². The Bertz CT molecular complexity index is 1010. The number of ether oxygens (including phenoxy) is 3. The van der Waals surface area contributed by atoms with Crippen LogP contribution >= 0.6 is 0 Å². The molecule has 0 aliphatic carbocycles. The fourth-order valence-electron chi connectivity index (χ4n) is 3.01. The van der Waals surface area contributed by atoms with Crippen molar-refractivity contribution in [1.29, 1.82) is 0 Å². The molecule has 12 heteroatoms. The quantitative estimate of drug-likeness (QED) is 0.0967. The number of esters is 3. The monoisotopic (exact) mass is 548 g/mol. The average Bonchev–Trinajstić information content (AvgIpc) is 2.86. The standard InChI is InChI=1S/C26H26F6O6/c1-3-4-5-8-15-24(22(34)37-17-25(27,28)29,23(35)38-18-26(30,31)32)16-9-6-7-10-19-11-13-20(14-12-19)21(33)36-2/h3-7,9-14H,1,8,15-18H2,2H3/b5-4+,9-6+,10-7+. The van der Waals surface area contributed by atoms with Crippen molar-refractivity contribution in [3.63, 3.8) is 0 Å². The highest BCUT2D eigenvalue weighted by molar-refractivity contribution is 6.00. The van der Waals surface area contributed by atoms with Crippen LogP contribution in [-0.2, 0) is 23.8 Å². The topological polar surface area (TPSA) is 78.9 Å². The Balaban J connectivity index is 3.20. The highest BCUT2D eigenvalue weighted by Crippen LogP contribution is 2.34. The number of methoxy groups -OCH3 is 1. The van der Waals surface area contributed by atoms with Gasteiger partial charge in [-0.1, -0.05) is 61.2 Å². The third-order valence-electron chi connectivity index (χ3n) is 4.86. The zero-order valence-corrected chi connectivity index (χ0v) is 20.3. The van der Waals surface area contributed by atoms with Crippen molar-refractivity contribution in [3.8, 4) is 0 Å². The van der Waals surface area contributed by atoms with E-state index in [4.69, 9.17) is 0 Å². The molecule has 0 aromatic heterocycles. The molecule has 1 aromatic rings. The van der Waals surface area contributed by atoms with E-state index in [-0.39, 0.29) is 6.42 Å². The van der Waals surface area contributed by atoms with Gasteiger partial charge >= 0.3 is 30.3 Å². The molecule has 0 radical (unpaired) electrons. The van der Waals surface area contributed by atoms with E-state index in [2.05, 4.69) is 20.8 Å². The predicted octanol–water partition coefficient (Wildman–Crippen LogP) is 6.15. The van der Waals surface area contributed by atoms with Gasteiger partial charge in [0.05, 0.1) is 12.7 Å². The van der Waals surface area contributed by atoms with Gasteiger partial charge in [0.15, 0.2) is 18.6 Å². The van der Waals surface area contributed by atoms with Gasteiger partial charge in [0.25, 0.3) is 0 Å². The third-order valence-corrected chi connectivity index (χ3v) is 4.86. The van der Waals surface area contributed by atoms with Crippen molar-refractivity contribution in [2.24, 2.45) is 5.41 Å².